The molecule has 0 aromatic heterocycles. The third-order valence-corrected chi connectivity index (χ3v) is 1.92. The van der Waals surface area contributed by atoms with E-state index < -0.39 is 6.23 Å². The quantitative estimate of drug-likeness (QED) is 0.586. The van der Waals surface area contributed by atoms with Crippen molar-refractivity contribution >= 4 is 0 Å². The van der Waals surface area contributed by atoms with Crippen LogP contribution < -0.4 is 5.73 Å². The number of hydrogen-bond acceptors (Lipinski definition) is 2. The first-order chi connectivity index (χ1) is 4.59. The summed E-state index contributed by atoms with van der Waals surface area (Å²) in [4.78, 5) is 0. The average Bonchev–Trinajstić information content (AvgIpc) is 1.81. The minimum absolute atomic E-state index is 0.269. The highest BCUT2D eigenvalue weighted by Crippen LogP contribution is 2.18. The van der Waals surface area contributed by atoms with Crippen molar-refractivity contribution in [3.05, 3.63) is 0 Å². The normalized spacial score (nSPS) is 17.4. The molecule has 0 rings (SSSR count). The summed E-state index contributed by atoms with van der Waals surface area (Å²) >= 11 is 0. The van der Waals surface area contributed by atoms with Gasteiger partial charge in [-0.2, -0.15) is 0 Å². The highest BCUT2D eigenvalue weighted by molar-refractivity contribution is 4.66. The summed E-state index contributed by atoms with van der Waals surface area (Å²) in [6.45, 7) is 6.30. The van der Waals surface area contributed by atoms with Gasteiger partial charge in [0.1, 0.15) is 6.23 Å². The minimum atomic E-state index is -0.639. The van der Waals surface area contributed by atoms with Gasteiger partial charge >= 0.3 is 0 Å². The summed E-state index contributed by atoms with van der Waals surface area (Å²) < 4.78 is 0. The Labute approximate surface area is 63.4 Å². The smallest absolute Gasteiger partial charge is 0.105 e. The standard InChI is InChI=1S/C8H19NO/c1-4-5-7(6(2)3)8(9)10/h6-8,10H,4-5,9H2,1-3H3. The van der Waals surface area contributed by atoms with Gasteiger partial charge in [-0.1, -0.05) is 27.2 Å². The lowest BCUT2D eigenvalue weighted by atomic mass is 9.90. The second kappa shape index (κ2) is 4.69. The highest BCUT2D eigenvalue weighted by Gasteiger charge is 2.17. The Morgan fingerprint density at radius 3 is 2.00 bits per heavy atom. The maximum atomic E-state index is 9.09. The van der Waals surface area contributed by atoms with E-state index in [0.717, 1.165) is 12.8 Å². The third kappa shape index (κ3) is 3.18. The molecule has 0 aliphatic carbocycles. The zero-order chi connectivity index (χ0) is 8.15. The van der Waals surface area contributed by atoms with E-state index >= 15 is 0 Å². The van der Waals surface area contributed by atoms with E-state index in [1.54, 1.807) is 0 Å². The number of hydrogen-bond donors (Lipinski definition) is 2. The zero-order valence-corrected chi connectivity index (χ0v) is 7.17. The van der Waals surface area contributed by atoms with Gasteiger partial charge in [0, 0.05) is 5.92 Å². The SMILES string of the molecule is CCCC(C(C)C)C(N)O. The fourth-order valence-corrected chi connectivity index (χ4v) is 1.23. The number of nitrogens with two attached hydrogens (primary N) is 1. The van der Waals surface area contributed by atoms with E-state index in [9.17, 15) is 0 Å². The minimum Gasteiger partial charge on any atom is -0.379 e. The van der Waals surface area contributed by atoms with Crippen molar-refractivity contribution in [2.24, 2.45) is 17.6 Å². The Hall–Kier alpha value is -0.0800. The first-order valence-corrected chi connectivity index (χ1v) is 4.03. The summed E-state index contributed by atoms with van der Waals surface area (Å²) in [6, 6.07) is 0. The molecule has 0 radical (unpaired) electrons. The van der Waals surface area contributed by atoms with Crippen LogP contribution in [0.3, 0.4) is 0 Å². The summed E-state index contributed by atoms with van der Waals surface area (Å²) in [6.07, 6.45) is 1.48. The molecule has 2 nitrogen and oxygen atoms in total. The van der Waals surface area contributed by atoms with Gasteiger partial charge in [-0.25, -0.2) is 0 Å². The molecule has 0 saturated carbocycles. The van der Waals surface area contributed by atoms with E-state index in [1.165, 1.54) is 0 Å². The Morgan fingerprint density at radius 2 is 1.90 bits per heavy atom. The molecule has 3 N–H and O–H groups in total. The second-order valence-corrected chi connectivity index (χ2v) is 3.19. The molecule has 2 heteroatoms. The van der Waals surface area contributed by atoms with Gasteiger partial charge in [0.15, 0.2) is 0 Å². The molecule has 0 aromatic rings. The molecule has 10 heavy (non-hydrogen) atoms. The van der Waals surface area contributed by atoms with Crippen LogP contribution in [0, 0.1) is 11.8 Å². The molecule has 0 fully saturated rings. The van der Waals surface area contributed by atoms with Crippen molar-refractivity contribution in [2.75, 3.05) is 0 Å². The van der Waals surface area contributed by atoms with Gasteiger partial charge in [-0.15, -0.1) is 0 Å². The monoisotopic (exact) mass is 145 g/mol. The molecule has 62 valence electrons. The Balaban J connectivity index is 3.73. The van der Waals surface area contributed by atoms with Gasteiger partial charge in [0.05, 0.1) is 0 Å². The highest BCUT2D eigenvalue weighted by atomic mass is 16.3. The van der Waals surface area contributed by atoms with Crippen LogP contribution in [0.15, 0.2) is 0 Å². The van der Waals surface area contributed by atoms with E-state index in [0.29, 0.717) is 5.92 Å². The van der Waals surface area contributed by atoms with Crippen LogP contribution in [0.2, 0.25) is 0 Å². The van der Waals surface area contributed by atoms with Crippen molar-refractivity contribution in [2.45, 2.75) is 39.8 Å². The summed E-state index contributed by atoms with van der Waals surface area (Å²) in [5, 5.41) is 9.09. The van der Waals surface area contributed by atoms with Gasteiger partial charge in [0.25, 0.3) is 0 Å². The van der Waals surface area contributed by atoms with Crippen LogP contribution in [-0.4, -0.2) is 11.3 Å². The Morgan fingerprint density at radius 1 is 1.40 bits per heavy atom. The lowest BCUT2D eigenvalue weighted by Crippen LogP contribution is -2.32. The maximum Gasteiger partial charge on any atom is 0.105 e. The molecule has 0 bridgehead atoms. The van der Waals surface area contributed by atoms with E-state index in [4.69, 9.17) is 10.8 Å². The van der Waals surface area contributed by atoms with Crippen LogP contribution >= 0.6 is 0 Å². The molecule has 0 heterocycles. The van der Waals surface area contributed by atoms with Crippen LogP contribution in [0.4, 0.5) is 0 Å². The van der Waals surface area contributed by atoms with Gasteiger partial charge < -0.3 is 10.8 Å². The average molecular weight is 145 g/mol. The first-order valence-electron chi connectivity index (χ1n) is 4.03. The Bertz CT molecular complexity index is 73.3. The lowest BCUT2D eigenvalue weighted by Gasteiger charge is -2.22. The molecular weight excluding hydrogens is 126 g/mol. The van der Waals surface area contributed by atoms with Crippen molar-refractivity contribution < 1.29 is 5.11 Å². The lowest BCUT2D eigenvalue weighted by molar-refractivity contribution is 0.0811. The predicted octanol–water partition coefficient (Wildman–Crippen LogP) is 1.34. The molecule has 0 amide bonds. The maximum absolute atomic E-state index is 9.09. The zero-order valence-electron chi connectivity index (χ0n) is 7.17. The Kier molecular flexibility index (Phi) is 4.65. The molecule has 0 aromatic carbocycles. The van der Waals surface area contributed by atoms with Crippen molar-refractivity contribution in [1.82, 2.24) is 0 Å². The molecule has 2 unspecified atom stereocenters. The third-order valence-electron chi connectivity index (χ3n) is 1.92. The van der Waals surface area contributed by atoms with E-state index in [-0.39, 0.29) is 5.92 Å². The molecular formula is C8H19NO. The largest absolute Gasteiger partial charge is 0.379 e. The van der Waals surface area contributed by atoms with Crippen molar-refractivity contribution in [3.63, 3.8) is 0 Å². The molecule has 0 saturated heterocycles. The van der Waals surface area contributed by atoms with Gasteiger partial charge in [-0.05, 0) is 12.3 Å². The molecule has 0 aliphatic rings. The second-order valence-electron chi connectivity index (χ2n) is 3.19. The van der Waals surface area contributed by atoms with Crippen LogP contribution in [0.1, 0.15) is 33.6 Å². The van der Waals surface area contributed by atoms with Crippen LogP contribution in [0.25, 0.3) is 0 Å². The van der Waals surface area contributed by atoms with Gasteiger partial charge in [-0.3, -0.25) is 0 Å². The summed E-state index contributed by atoms with van der Waals surface area (Å²) in [5.74, 6) is 0.755. The van der Waals surface area contributed by atoms with Crippen molar-refractivity contribution in [1.29, 1.82) is 0 Å². The first kappa shape index (κ1) is 9.92. The van der Waals surface area contributed by atoms with Gasteiger partial charge in [0.2, 0.25) is 0 Å². The molecule has 0 spiro atoms. The fraction of sp³-hybridized carbons (Fsp3) is 1.00. The van der Waals surface area contributed by atoms with Crippen molar-refractivity contribution in [3.8, 4) is 0 Å². The van der Waals surface area contributed by atoms with Crippen LogP contribution in [-0.2, 0) is 0 Å². The van der Waals surface area contributed by atoms with Crippen LogP contribution in [0.5, 0.6) is 0 Å². The number of aliphatic hydroxyl groups is 1. The number of aliphatic hydroxyl groups excluding tert-OH is 1. The topological polar surface area (TPSA) is 46.2 Å². The van der Waals surface area contributed by atoms with E-state index in [2.05, 4.69) is 20.8 Å². The summed E-state index contributed by atoms with van der Waals surface area (Å²) in [7, 11) is 0. The fourth-order valence-electron chi connectivity index (χ4n) is 1.23. The number of rotatable bonds is 4. The van der Waals surface area contributed by atoms with E-state index in [1.807, 2.05) is 0 Å². The summed E-state index contributed by atoms with van der Waals surface area (Å²) in [5.41, 5.74) is 5.38. The predicted molar refractivity (Wildman–Crippen MR) is 43.4 cm³/mol. The molecule has 2 atom stereocenters. The molecule has 0 aliphatic heterocycles.